The first-order chi connectivity index (χ1) is 11.9. The lowest BCUT2D eigenvalue weighted by atomic mass is 10.1. The quantitative estimate of drug-likeness (QED) is 0.821. The number of carbonyl (C=O) groups excluding carboxylic acids is 1. The maximum absolute atomic E-state index is 12.9. The van der Waals surface area contributed by atoms with Gasteiger partial charge in [-0.05, 0) is 40.8 Å². The predicted molar refractivity (Wildman–Crippen MR) is 98.4 cm³/mol. The van der Waals surface area contributed by atoms with Gasteiger partial charge in [0.25, 0.3) is 0 Å². The molecule has 2 aromatic heterocycles. The van der Waals surface area contributed by atoms with Gasteiger partial charge in [0.15, 0.2) is 0 Å². The lowest BCUT2D eigenvalue weighted by molar-refractivity contribution is -0.131. The topological polar surface area (TPSA) is 62.2 Å². The number of hydrogen-bond donors (Lipinski definition) is 0. The zero-order valence-corrected chi connectivity index (χ0v) is 16.1. The third-order valence-electron chi connectivity index (χ3n) is 4.39. The second-order valence-corrected chi connectivity index (χ2v) is 7.91. The van der Waals surface area contributed by atoms with Gasteiger partial charge in [0.1, 0.15) is 5.82 Å². The van der Waals surface area contributed by atoms with Crippen molar-refractivity contribution in [3.63, 3.8) is 0 Å². The molecule has 0 unspecified atom stereocenters. The Labute approximate surface area is 152 Å². The van der Waals surface area contributed by atoms with Crippen molar-refractivity contribution in [3.8, 4) is 0 Å². The van der Waals surface area contributed by atoms with Gasteiger partial charge in [-0.1, -0.05) is 0 Å². The molecule has 0 spiro atoms. The van der Waals surface area contributed by atoms with E-state index in [1.165, 1.54) is 0 Å². The molecule has 1 aliphatic rings. The van der Waals surface area contributed by atoms with E-state index in [1.807, 2.05) is 44.4 Å². The minimum Gasteiger partial charge on any atom is -0.334 e. The minimum absolute atomic E-state index is 0.0453. The number of hydrogen-bond acceptors (Lipinski definition) is 6. The van der Waals surface area contributed by atoms with Crippen LogP contribution in [0.1, 0.15) is 46.7 Å². The Morgan fingerprint density at radius 3 is 2.84 bits per heavy atom. The van der Waals surface area contributed by atoms with Crippen LogP contribution in [-0.4, -0.2) is 51.3 Å². The average molecular weight is 359 g/mol. The molecular formula is C18H25N5OS. The summed E-state index contributed by atoms with van der Waals surface area (Å²) in [7, 11) is 4.07. The smallest absolute Gasteiger partial charge is 0.229 e. The number of rotatable bonds is 5. The van der Waals surface area contributed by atoms with Crippen LogP contribution >= 0.6 is 11.3 Å². The van der Waals surface area contributed by atoms with Gasteiger partial charge in [-0.25, -0.2) is 15.0 Å². The molecule has 3 heterocycles. The van der Waals surface area contributed by atoms with E-state index >= 15 is 0 Å². The molecule has 0 aromatic carbocycles. The average Bonchev–Trinajstić information content (AvgIpc) is 3.17. The van der Waals surface area contributed by atoms with E-state index in [0.29, 0.717) is 6.42 Å². The Morgan fingerprint density at radius 1 is 1.36 bits per heavy atom. The first-order valence-corrected chi connectivity index (χ1v) is 9.49. The van der Waals surface area contributed by atoms with Crippen LogP contribution in [0.15, 0.2) is 11.6 Å². The maximum atomic E-state index is 12.9. The van der Waals surface area contributed by atoms with Crippen LogP contribution in [0.4, 0.5) is 0 Å². The Morgan fingerprint density at radius 2 is 2.16 bits per heavy atom. The molecule has 3 rings (SSSR count). The van der Waals surface area contributed by atoms with E-state index in [0.717, 1.165) is 53.7 Å². The highest BCUT2D eigenvalue weighted by atomic mass is 32.1. The van der Waals surface area contributed by atoms with E-state index in [2.05, 4.69) is 14.9 Å². The molecule has 6 nitrogen and oxygen atoms in total. The largest absolute Gasteiger partial charge is 0.334 e. The van der Waals surface area contributed by atoms with Crippen LogP contribution < -0.4 is 0 Å². The number of amides is 1. The summed E-state index contributed by atoms with van der Waals surface area (Å²) in [4.78, 5) is 30.4. The number of aryl methyl sites for hydroxylation is 2. The second-order valence-electron chi connectivity index (χ2n) is 6.85. The lowest BCUT2D eigenvalue weighted by Gasteiger charge is -2.26. The highest BCUT2D eigenvalue weighted by molar-refractivity contribution is 7.09. The zero-order valence-electron chi connectivity index (χ0n) is 15.3. The number of aromatic nitrogens is 3. The Hall–Kier alpha value is -1.86. The molecule has 1 fully saturated rings. The highest BCUT2D eigenvalue weighted by Gasteiger charge is 2.32. The van der Waals surface area contributed by atoms with E-state index in [4.69, 9.17) is 4.98 Å². The Balaban J connectivity index is 1.83. The zero-order chi connectivity index (χ0) is 18.0. The van der Waals surface area contributed by atoms with Crippen molar-refractivity contribution in [2.75, 3.05) is 20.6 Å². The fourth-order valence-corrected chi connectivity index (χ4v) is 3.97. The summed E-state index contributed by atoms with van der Waals surface area (Å²) in [5, 5.41) is 2.98. The first-order valence-electron chi connectivity index (χ1n) is 8.61. The molecule has 0 radical (unpaired) electrons. The van der Waals surface area contributed by atoms with E-state index < -0.39 is 0 Å². The molecule has 134 valence electrons. The summed E-state index contributed by atoms with van der Waals surface area (Å²) >= 11 is 1.59. The molecule has 0 aliphatic carbocycles. The van der Waals surface area contributed by atoms with Crippen molar-refractivity contribution < 1.29 is 4.79 Å². The number of thiazole rings is 1. The van der Waals surface area contributed by atoms with Crippen molar-refractivity contribution in [2.24, 2.45) is 0 Å². The van der Waals surface area contributed by atoms with Gasteiger partial charge in [-0.15, -0.1) is 11.3 Å². The fraction of sp³-hybridized carbons (Fsp3) is 0.556. The molecule has 0 N–H and O–H groups in total. The van der Waals surface area contributed by atoms with Gasteiger partial charge in [-0.2, -0.15) is 0 Å². The molecule has 1 saturated heterocycles. The molecular weight excluding hydrogens is 334 g/mol. The molecule has 25 heavy (non-hydrogen) atoms. The van der Waals surface area contributed by atoms with Crippen LogP contribution in [0.3, 0.4) is 0 Å². The summed E-state index contributed by atoms with van der Waals surface area (Å²) in [6.45, 7) is 5.44. The van der Waals surface area contributed by atoms with Gasteiger partial charge in [-0.3, -0.25) is 4.79 Å². The van der Waals surface area contributed by atoms with Crippen LogP contribution in [-0.2, 0) is 17.8 Å². The first kappa shape index (κ1) is 17.9. The number of likely N-dealkylation sites (tertiary alicyclic amines) is 1. The predicted octanol–water partition coefficient (Wildman–Crippen LogP) is 2.52. The van der Waals surface area contributed by atoms with Gasteiger partial charge in [0.2, 0.25) is 5.91 Å². The van der Waals surface area contributed by atoms with Crippen molar-refractivity contribution in [1.29, 1.82) is 0 Å². The van der Waals surface area contributed by atoms with Crippen LogP contribution in [0, 0.1) is 13.8 Å². The van der Waals surface area contributed by atoms with E-state index in [9.17, 15) is 4.79 Å². The summed E-state index contributed by atoms with van der Waals surface area (Å²) < 4.78 is 0. The molecule has 0 bridgehead atoms. The highest BCUT2D eigenvalue weighted by Crippen LogP contribution is 2.33. The summed E-state index contributed by atoms with van der Waals surface area (Å²) in [6.07, 6.45) is 4.24. The molecule has 1 amide bonds. The van der Waals surface area contributed by atoms with Crippen molar-refractivity contribution in [1.82, 2.24) is 24.8 Å². The minimum atomic E-state index is 0.0453. The van der Waals surface area contributed by atoms with Crippen molar-refractivity contribution in [3.05, 3.63) is 39.4 Å². The molecule has 1 aliphatic heterocycles. The van der Waals surface area contributed by atoms with Crippen LogP contribution in [0.25, 0.3) is 0 Å². The third-order valence-corrected chi connectivity index (χ3v) is 5.22. The molecule has 0 saturated carbocycles. The Bertz CT molecular complexity index is 758. The molecule has 7 heteroatoms. The van der Waals surface area contributed by atoms with E-state index in [-0.39, 0.29) is 11.9 Å². The number of nitrogens with zero attached hydrogens (tertiary/aromatic N) is 5. The maximum Gasteiger partial charge on any atom is 0.229 e. The summed E-state index contributed by atoms with van der Waals surface area (Å²) in [5.74, 6) is 0.895. The number of carbonyl (C=O) groups is 1. The van der Waals surface area contributed by atoms with Crippen molar-refractivity contribution in [2.45, 2.75) is 45.7 Å². The van der Waals surface area contributed by atoms with E-state index in [1.54, 1.807) is 11.3 Å². The van der Waals surface area contributed by atoms with Gasteiger partial charge >= 0.3 is 0 Å². The van der Waals surface area contributed by atoms with Gasteiger partial charge in [0.05, 0.1) is 28.9 Å². The third kappa shape index (κ3) is 4.22. The molecule has 1 atom stereocenters. The Kier molecular flexibility index (Phi) is 5.44. The van der Waals surface area contributed by atoms with Gasteiger partial charge in [0, 0.05) is 30.2 Å². The lowest BCUT2D eigenvalue weighted by Crippen LogP contribution is -2.33. The summed E-state index contributed by atoms with van der Waals surface area (Å²) in [6, 6.07) is 0.0453. The fourth-order valence-electron chi connectivity index (χ4n) is 3.36. The van der Waals surface area contributed by atoms with Gasteiger partial charge < -0.3 is 9.80 Å². The normalized spacial score (nSPS) is 17.5. The van der Waals surface area contributed by atoms with Crippen LogP contribution in [0.2, 0.25) is 0 Å². The van der Waals surface area contributed by atoms with Crippen LogP contribution in [0.5, 0.6) is 0 Å². The SMILES string of the molecule is Cc1ncc(CN(C)C)c([C@@H]2CCCN2C(=O)Cc2csc(C)n2)n1. The standard InChI is InChI=1S/C18H25N5OS/c1-12-19-9-14(10-22(3)4)18(20-12)16-6-5-7-23(16)17(24)8-15-11-25-13(2)21-15/h9,11,16H,5-8,10H2,1-4H3/t16-/m0/s1. The summed E-state index contributed by atoms with van der Waals surface area (Å²) in [5.41, 5.74) is 2.97. The monoisotopic (exact) mass is 359 g/mol. The second kappa shape index (κ2) is 7.58. The van der Waals surface area contributed by atoms with Crippen molar-refractivity contribution >= 4 is 17.2 Å². The molecule has 2 aromatic rings.